The van der Waals surface area contributed by atoms with Crippen LogP contribution in [0.25, 0.3) is 0 Å². The van der Waals surface area contributed by atoms with Crippen LogP contribution in [0.4, 0.5) is 10.1 Å². The van der Waals surface area contributed by atoms with Gasteiger partial charge in [-0.1, -0.05) is 6.42 Å². The van der Waals surface area contributed by atoms with Crippen LogP contribution in [0.3, 0.4) is 0 Å². The van der Waals surface area contributed by atoms with Crippen LogP contribution in [0.15, 0.2) is 18.2 Å². The summed E-state index contributed by atoms with van der Waals surface area (Å²) in [4.78, 5) is 12.1. The number of carbonyl (C=O) groups excluding carboxylic acids is 1. The van der Waals surface area contributed by atoms with Crippen LogP contribution in [0.2, 0.25) is 0 Å². The Morgan fingerprint density at radius 1 is 1.37 bits per heavy atom. The Hall–Kier alpha value is -1.38. The molecule has 0 unspecified atom stereocenters. The molecular weight excluding hydrogens is 241 g/mol. The van der Waals surface area contributed by atoms with Crippen molar-refractivity contribution in [3.63, 3.8) is 0 Å². The van der Waals surface area contributed by atoms with Crippen LogP contribution in [0, 0.1) is 30.5 Å². The highest BCUT2D eigenvalue weighted by Gasteiger charge is 2.40. The van der Waals surface area contributed by atoms with Gasteiger partial charge in [0.15, 0.2) is 0 Å². The number of benzene rings is 1. The first kappa shape index (κ1) is 12.6. The van der Waals surface area contributed by atoms with Gasteiger partial charge in [0.25, 0.3) is 0 Å². The molecule has 2 aliphatic rings. The van der Waals surface area contributed by atoms with E-state index in [1.165, 1.54) is 37.8 Å². The Morgan fingerprint density at radius 2 is 2.21 bits per heavy atom. The highest BCUT2D eigenvalue weighted by molar-refractivity contribution is 5.91. The fourth-order valence-electron chi connectivity index (χ4n) is 3.83. The van der Waals surface area contributed by atoms with E-state index in [0.717, 1.165) is 23.1 Å². The van der Waals surface area contributed by atoms with Gasteiger partial charge < -0.3 is 5.32 Å². The number of carbonyl (C=O) groups is 1. The smallest absolute Gasteiger partial charge is 0.224 e. The van der Waals surface area contributed by atoms with Gasteiger partial charge in [-0.2, -0.15) is 0 Å². The third kappa shape index (κ3) is 2.65. The number of halogens is 1. The van der Waals surface area contributed by atoms with Crippen molar-refractivity contribution in [3.05, 3.63) is 29.6 Å². The molecule has 0 spiro atoms. The normalized spacial score (nSPS) is 28.6. The van der Waals surface area contributed by atoms with E-state index in [1.54, 1.807) is 6.07 Å². The van der Waals surface area contributed by atoms with E-state index in [4.69, 9.17) is 0 Å². The van der Waals surface area contributed by atoms with E-state index < -0.39 is 0 Å². The SMILES string of the molecule is Cc1cc(F)ccc1NC(=O)C[C@@H]1C[C@H]2CC[C@@H]1C2. The summed E-state index contributed by atoms with van der Waals surface area (Å²) in [5, 5.41) is 2.92. The minimum Gasteiger partial charge on any atom is -0.326 e. The van der Waals surface area contributed by atoms with Crippen molar-refractivity contribution in [1.29, 1.82) is 0 Å². The van der Waals surface area contributed by atoms with Gasteiger partial charge in [-0.05, 0) is 67.7 Å². The van der Waals surface area contributed by atoms with Gasteiger partial charge in [0.1, 0.15) is 5.82 Å². The molecule has 2 nitrogen and oxygen atoms in total. The van der Waals surface area contributed by atoms with Crippen LogP contribution in [0.5, 0.6) is 0 Å². The summed E-state index contributed by atoms with van der Waals surface area (Å²) in [7, 11) is 0. The van der Waals surface area contributed by atoms with Crippen LogP contribution >= 0.6 is 0 Å². The van der Waals surface area contributed by atoms with Crippen LogP contribution in [-0.2, 0) is 4.79 Å². The number of amides is 1. The fraction of sp³-hybridized carbons (Fsp3) is 0.562. The molecule has 1 aromatic rings. The maximum absolute atomic E-state index is 13.0. The van der Waals surface area contributed by atoms with Crippen molar-refractivity contribution in [2.75, 3.05) is 5.32 Å². The Kier molecular flexibility index (Phi) is 3.29. The van der Waals surface area contributed by atoms with Crippen molar-refractivity contribution >= 4 is 11.6 Å². The van der Waals surface area contributed by atoms with Gasteiger partial charge in [0, 0.05) is 12.1 Å². The number of anilines is 1. The topological polar surface area (TPSA) is 29.1 Å². The predicted molar refractivity (Wildman–Crippen MR) is 73.3 cm³/mol. The first-order valence-corrected chi connectivity index (χ1v) is 7.18. The lowest BCUT2D eigenvalue weighted by Crippen LogP contribution is -2.20. The predicted octanol–water partition coefficient (Wildman–Crippen LogP) is 3.90. The van der Waals surface area contributed by atoms with Gasteiger partial charge in [-0.25, -0.2) is 4.39 Å². The lowest BCUT2D eigenvalue weighted by molar-refractivity contribution is -0.117. The van der Waals surface area contributed by atoms with Crippen molar-refractivity contribution < 1.29 is 9.18 Å². The summed E-state index contributed by atoms with van der Waals surface area (Å²) in [5.74, 6) is 2.02. The highest BCUT2D eigenvalue weighted by Crippen LogP contribution is 2.49. The molecule has 0 aliphatic heterocycles. The average Bonchev–Trinajstić information content (AvgIpc) is 2.95. The zero-order valence-electron chi connectivity index (χ0n) is 11.3. The second-order valence-corrected chi connectivity index (χ2v) is 6.15. The molecule has 0 heterocycles. The largest absolute Gasteiger partial charge is 0.326 e. The van der Waals surface area contributed by atoms with Crippen LogP contribution in [0.1, 0.15) is 37.7 Å². The molecule has 2 bridgehead atoms. The fourth-order valence-corrected chi connectivity index (χ4v) is 3.83. The molecule has 0 radical (unpaired) electrons. The first-order chi connectivity index (χ1) is 9.11. The zero-order valence-corrected chi connectivity index (χ0v) is 11.3. The summed E-state index contributed by atoms with van der Waals surface area (Å²) in [6.45, 7) is 1.82. The molecule has 1 N–H and O–H groups in total. The van der Waals surface area contributed by atoms with Crippen molar-refractivity contribution in [2.45, 2.75) is 39.0 Å². The number of hydrogen-bond acceptors (Lipinski definition) is 1. The summed E-state index contributed by atoms with van der Waals surface area (Å²) in [6.07, 6.45) is 5.84. The maximum atomic E-state index is 13.0. The third-order valence-corrected chi connectivity index (χ3v) is 4.79. The monoisotopic (exact) mass is 261 g/mol. The highest BCUT2D eigenvalue weighted by atomic mass is 19.1. The lowest BCUT2D eigenvalue weighted by Gasteiger charge is -2.21. The number of hydrogen-bond donors (Lipinski definition) is 1. The van der Waals surface area contributed by atoms with Gasteiger partial charge in [-0.15, -0.1) is 0 Å². The molecule has 1 amide bonds. The number of aryl methyl sites for hydroxylation is 1. The summed E-state index contributed by atoms with van der Waals surface area (Å²) >= 11 is 0. The molecule has 1 aromatic carbocycles. The number of fused-ring (bicyclic) bond motifs is 2. The van der Waals surface area contributed by atoms with E-state index in [-0.39, 0.29) is 11.7 Å². The minimum atomic E-state index is -0.261. The standard InChI is InChI=1S/C16H20FNO/c1-10-6-14(17)4-5-15(10)18-16(19)9-13-8-11-2-3-12(13)7-11/h4-6,11-13H,2-3,7-9H2,1H3,(H,18,19)/t11-,12+,13-/m0/s1. The minimum absolute atomic E-state index is 0.0762. The second kappa shape index (κ2) is 4.95. The quantitative estimate of drug-likeness (QED) is 0.878. The van der Waals surface area contributed by atoms with Crippen LogP contribution < -0.4 is 5.32 Å². The van der Waals surface area contributed by atoms with E-state index >= 15 is 0 Å². The summed E-state index contributed by atoms with van der Waals surface area (Å²) in [6, 6.07) is 4.48. The van der Waals surface area contributed by atoms with Crippen molar-refractivity contribution in [3.8, 4) is 0 Å². The van der Waals surface area contributed by atoms with Crippen molar-refractivity contribution in [1.82, 2.24) is 0 Å². The summed E-state index contributed by atoms with van der Waals surface area (Å²) in [5.41, 5.74) is 1.51. The Balaban J connectivity index is 1.59. The van der Waals surface area contributed by atoms with E-state index in [9.17, 15) is 9.18 Å². The third-order valence-electron chi connectivity index (χ3n) is 4.79. The maximum Gasteiger partial charge on any atom is 0.224 e. The number of nitrogens with one attached hydrogen (secondary N) is 1. The molecule has 3 atom stereocenters. The number of rotatable bonds is 3. The molecule has 2 saturated carbocycles. The Morgan fingerprint density at radius 3 is 2.84 bits per heavy atom. The van der Waals surface area contributed by atoms with E-state index in [1.807, 2.05) is 6.92 Å². The Labute approximate surface area is 113 Å². The molecule has 2 fully saturated rings. The Bertz CT molecular complexity index is 500. The second-order valence-electron chi connectivity index (χ2n) is 6.15. The molecule has 102 valence electrons. The van der Waals surface area contributed by atoms with Gasteiger partial charge in [-0.3, -0.25) is 4.79 Å². The molecule has 19 heavy (non-hydrogen) atoms. The van der Waals surface area contributed by atoms with Gasteiger partial charge in [0.05, 0.1) is 0 Å². The van der Waals surface area contributed by atoms with Gasteiger partial charge >= 0.3 is 0 Å². The van der Waals surface area contributed by atoms with Crippen molar-refractivity contribution in [2.24, 2.45) is 17.8 Å². The average molecular weight is 261 g/mol. The lowest BCUT2D eigenvalue weighted by atomic mass is 9.86. The van der Waals surface area contributed by atoms with E-state index in [2.05, 4.69) is 5.32 Å². The van der Waals surface area contributed by atoms with Crippen LogP contribution in [-0.4, -0.2) is 5.91 Å². The van der Waals surface area contributed by atoms with Gasteiger partial charge in [0.2, 0.25) is 5.91 Å². The first-order valence-electron chi connectivity index (χ1n) is 7.18. The molecular formula is C16H20FNO. The molecule has 3 rings (SSSR count). The summed E-state index contributed by atoms with van der Waals surface area (Å²) < 4.78 is 13.0. The van der Waals surface area contributed by atoms with E-state index in [0.29, 0.717) is 12.3 Å². The molecule has 3 heteroatoms. The zero-order chi connectivity index (χ0) is 13.4. The molecule has 0 aromatic heterocycles. The molecule has 2 aliphatic carbocycles. The molecule has 0 saturated heterocycles.